The number of imidazole rings is 1. The molecule has 0 atom stereocenters. The van der Waals surface area contributed by atoms with Gasteiger partial charge in [-0.25, -0.2) is 4.98 Å². The number of allylic oxidation sites excluding steroid dienone is 1. The number of hydrogen-bond donors (Lipinski definition) is 0. The first kappa shape index (κ1) is 29.9. The van der Waals surface area contributed by atoms with Gasteiger partial charge in [0.15, 0.2) is 0 Å². The van der Waals surface area contributed by atoms with Gasteiger partial charge in [-0.2, -0.15) is 0 Å². The summed E-state index contributed by atoms with van der Waals surface area (Å²) in [6.45, 7) is 0. The largest absolute Gasteiger partial charge is 0.292 e. The molecule has 0 aliphatic heterocycles. The Morgan fingerprint density at radius 3 is 1.62 bits per heavy atom. The zero-order valence-electron chi connectivity index (χ0n) is 29.1. The normalized spacial score (nSPS) is 12.7. The van der Waals surface area contributed by atoms with Crippen LogP contribution >= 0.6 is 0 Å². The van der Waals surface area contributed by atoms with Crippen LogP contribution in [-0.2, 0) is 6.42 Å². The fourth-order valence-corrected chi connectivity index (χ4v) is 8.85. The van der Waals surface area contributed by atoms with Crippen LogP contribution in [-0.4, -0.2) is 9.55 Å². The van der Waals surface area contributed by atoms with Crippen molar-refractivity contribution in [3.63, 3.8) is 0 Å². The highest BCUT2D eigenvalue weighted by Gasteiger charge is 2.21. The van der Waals surface area contributed by atoms with E-state index < -0.39 is 0 Å². The maximum atomic E-state index is 5.42. The number of nitrogens with zero attached hydrogens (tertiary/aromatic N) is 2. The van der Waals surface area contributed by atoms with Gasteiger partial charge in [0.25, 0.3) is 0 Å². The average Bonchev–Trinajstić information content (AvgIpc) is 3.64. The molecule has 0 bridgehead atoms. The summed E-state index contributed by atoms with van der Waals surface area (Å²) in [6, 6.07) is 62.1. The lowest BCUT2D eigenvalue weighted by atomic mass is 9.84. The topological polar surface area (TPSA) is 17.8 Å². The first-order chi connectivity index (χ1) is 26.3. The molecule has 9 aromatic carbocycles. The van der Waals surface area contributed by atoms with E-state index in [9.17, 15) is 0 Å². The third kappa shape index (κ3) is 4.62. The van der Waals surface area contributed by atoms with Crippen LogP contribution < -0.4 is 0 Å². The summed E-state index contributed by atoms with van der Waals surface area (Å²) >= 11 is 0. The van der Waals surface area contributed by atoms with Gasteiger partial charge in [-0.1, -0.05) is 170 Å². The van der Waals surface area contributed by atoms with Crippen LogP contribution in [0.15, 0.2) is 176 Å². The number of aryl methyl sites for hydroxylation is 1. The third-order valence-electron chi connectivity index (χ3n) is 11.2. The average molecular weight is 675 g/mol. The van der Waals surface area contributed by atoms with Crippen molar-refractivity contribution in [1.29, 1.82) is 0 Å². The number of benzene rings is 9. The second-order valence-electron chi connectivity index (χ2n) is 14.2. The lowest BCUT2D eigenvalue weighted by Crippen LogP contribution is -1.98. The minimum Gasteiger partial charge on any atom is -0.292 e. The fraction of sp³-hybridized carbons (Fsp3) is 0.0392. The Morgan fingerprint density at radius 1 is 0.434 bits per heavy atom. The van der Waals surface area contributed by atoms with E-state index in [-0.39, 0.29) is 0 Å². The van der Waals surface area contributed by atoms with Crippen molar-refractivity contribution in [1.82, 2.24) is 9.55 Å². The Bertz CT molecular complexity index is 3040. The Hall–Kier alpha value is -6.77. The van der Waals surface area contributed by atoms with E-state index in [1.54, 1.807) is 0 Å². The lowest BCUT2D eigenvalue weighted by molar-refractivity contribution is 0.986. The Labute approximate surface area is 307 Å². The lowest BCUT2D eigenvalue weighted by Gasteiger charge is -2.19. The van der Waals surface area contributed by atoms with Gasteiger partial charge in [0.1, 0.15) is 5.82 Å². The number of hydrogen-bond acceptors (Lipinski definition) is 1. The van der Waals surface area contributed by atoms with Crippen molar-refractivity contribution in [3.8, 4) is 39.3 Å². The molecule has 0 saturated heterocycles. The smallest absolute Gasteiger partial charge is 0.145 e. The molecule has 0 N–H and O–H groups in total. The molecule has 1 heterocycles. The summed E-state index contributed by atoms with van der Waals surface area (Å²) in [6.07, 6.45) is 6.74. The molecule has 1 aliphatic carbocycles. The summed E-state index contributed by atoms with van der Waals surface area (Å²) in [4.78, 5) is 5.42. The second-order valence-corrected chi connectivity index (χ2v) is 14.2. The maximum Gasteiger partial charge on any atom is 0.145 e. The number of aromatic nitrogens is 2. The van der Waals surface area contributed by atoms with Gasteiger partial charge in [0, 0.05) is 22.0 Å². The minimum atomic E-state index is 0.940. The van der Waals surface area contributed by atoms with Gasteiger partial charge < -0.3 is 0 Å². The molecule has 0 unspecified atom stereocenters. The first-order valence-electron chi connectivity index (χ1n) is 18.5. The van der Waals surface area contributed by atoms with Crippen LogP contribution in [0.2, 0.25) is 0 Å². The van der Waals surface area contributed by atoms with E-state index in [0.29, 0.717) is 0 Å². The van der Waals surface area contributed by atoms with Crippen molar-refractivity contribution < 1.29 is 0 Å². The van der Waals surface area contributed by atoms with Crippen molar-refractivity contribution >= 4 is 60.2 Å². The van der Waals surface area contributed by atoms with E-state index in [2.05, 4.69) is 187 Å². The van der Waals surface area contributed by atoms with Crippen LogP contribution in [0.5, 0.6) is 0 Å². The molecule has 0 saturated carbocycles. The van der Waals surface area contributed by atoms with Gasteiger partial charge in [-0.3, -0.25) is 4.57 Å². The van der Waals surface area contributed by atoms with Crippen LogP contribution in [0.4, 0.5) is 0 Å². The second kappa shape index (κ2) is 11.9. The highest BCUT2D eigenvalue weighted by molar-refractivity contribution is 6.24. The quantitative estimate of drug-likeness (QED) is 0.134. The number of rotatable bonds is 4. The Balaban J connectivity index is 1.15. The van der Waals surface area contributed by atoms with E-state index in [0.717, 1.165) is 41.0 Å². The standard InChI is InChI=1S/C51H34N2/c1-2-15-35(16-3-1)51-52-49-45-24-12-6-18-39(45)40-19-7-13-25-46(40)50(49)53(51)38-30-28-34(29-31-38)47-41-20-8-10-22-43(41)48(44-23-11-9-21-42(44)47)37-27-26-33-14-4-5-17-36(33)32-37/h1-4,6-16,18-32H,5,17H2. The predicted octanol–water partition coefficient (Wildman–Crippen LogP) is 13.6. The summed E-state index contributed by atoms with van der Waals surface area (Å²) in [5.41, 5.74) is 12.2. The molecular weight excluding hydrogens is 641 g/mol. The molecule has 248 valence electrons. The van der Waals surface area contributed by atoms with Crippen molar-refractivity contribution in [2.75, 3.05) is 0 Å². The maximum absolute atomic E-state index is 5.42. The van der Waals surface area contributed by atoms with Crippen LogP contribution in [0.1, 0.15) is 17.5 Å². The van der Waals surface area contributed by atoms with Crippen LogP contribution in [0, 0.1) is 0 Å². The van der Waals surface area contributed by atoms with Gasteiger partial charge >= 0.3 is 0 Å². The molecular formula is C51H34N2. The molecule has 0 spiro atoms. The zero-order chi connectivity index (χ0) is 34.9. The van der Waals surface area contributed by atoms with Gasteiger partial charge in [-0.15, -0.1) is 0 Å². The third-order valence-corrected chi connectivity index (χ3v) is 11.2. The fourth-order valence-electron chi connectivity index (χ4n) is 8.85. The molecule has 2 heteroatoms. The van der Waals surface area contributed by atoms with E-state index in [4.69, 9.17) is 4.98 Å². The molecule has 0 fully saturated rings. The molecule has 0 amide bonds. The first-order valence-corrected chi connectivity index (χ1v) is 18.5. The van der Waals surface area contributed by atoms with E-state index >= 15 is 0 Å². The summed E-state index contributed by atoms with van der Waals surface area (Å²) in [7, 11) is 0. The minimum absolute atomic E-state index is 0.940. The van der Waals surface area contributed by atoms with E-state index in [1.807, 2.05) is 0 Å². The van der Waals surface area contributed by atoms with Crippen molar-refractivity contribution in [2.45, 2.75) is 12.8 Å². The SMILES string of the molecule is C1=Cc2ccc(-c3c4ccccc4c(-c4ccc(-n5c(-c6ccccc6)nc6c7ccccc7c7ccccc7c65)cc4)c4ccccc34)cc2CC1. The highest BCUT2D eigenvalue weighted by Crippen LogP contribution is 2.45. The monoisotopic (exact) mass is 674 g/mol. The summed E-state index contributed by atoms with van der Waals surface area (Å²) in [5, 5.41) is 9.92. The molecule has 53 heavy (non-hydrogen) atoms. The molecule has 1 aliphatic rings. The molecule has 11 rings (SSSR count). The highest BCUT2D eigenvalue weighted by atomic mass is 15.1. The molecule has 2 nitrogen and oxygen atoms in total. The summed E-state index contributed by atoms with van der Waals surface area (Å²) in [5.74, 6) is 0.940. The number of fused-ring (bicyclic) bond motifs is 9. The van der Waals surface area contributed by atoms with Gasteiger partial charge in [0.2, 0.25) is 0 Å². The van der Waals surface area contributed by atoms with E-state index in [1.165, 1.54) is 76.5 Å². The predicted molar refractivity (Wildman–Crippen MR) is 225 cm³/mol. The van der Waals surface area contributed by atoms with Crippen molar-refractivity contribution in [2.24, 2.45) is 0 Å². The van der Waals surface area contributed by atoms with Gasteiger partial charge in [-0.05, 0) is 90.7 Å². The Kier molecular flexibility index (Phi) is 6.72. The van der Waals surface area contributed by atoms with Crippen molar-refractivity contribution in [3.05, 3.63) is 187 Å². The Morgan fingerprint density at radius 2 is 0.962 bits per heavy atom. The van der Waals surface area contributed by atoms with Gasteiger partial charge in [0.05, 0.1) is 11.0 Å². The summed E-state index contributed by atoms with van der Waals surface area (Å²) < 4.78 is 2.37. The molecule has 0 radical (unpaired) electrons. The van der Waals surface area contributed by atoms with Crippen LogP contribution in [0.3, 0.4) is 0 Å². The van der Waals surface area contributed by atoms with Crippen LogP contribution in [0.25, 0.3) is 99.5 Å². The molecule has 10 aromatic rings. The molecule has 1 aromatic heterocycles. The zero-order valence-corrected chi connectivity index (χ0v) is 29.1.